The Morgan fingerprint density at radius 3 is 2.38 bits per heavy atom. The maximum absolute atomic E-state index is 13.8. The average Bonchev–Trinajstić information content (AvgIpc) is 3.35. The molecule has 1 saturated heterocycles. The monoisotopic (exact) mass is 430 g/mol. The Balaban J connectivity index is 1.68. The predicted molar refractivity (Wildman–Crippen MR) is 118 cm³/mol. The number of nitriles is 1. The van der Waals surface area contributed by atoms with Crippen molar-refractivity contribution in [2.24, 2.45) is 0 Å². The molecule has 1 aliphatic heterocycles. The second-order valence-corrected chi connectivity index (χ2v) is 8.69. The molecule has 4 rings (SSSR count). The molecular weight excluding hydrogens is 404 g/mol. The van der Waals surface area contributed by atoms with Crippen LogP contribution in [0.3, 0.4) is 0 Å². The zero-order valence-electron chi connectivity index (χ0n) is 18.3. The highest BCUT2D eigenvalue weighted by atomic mass is 16.2. The van der Waals surface area contributed by atoms with E-state index in [1.54, 1.807) is 12.1 Å². The molecule has 0 unspecified atom stereocenters. The minimum absolute atomic E-state index is 0.437. The first-order valence-electron chi connectivity index (χ1n) is 10.8. The van der Waals surface area contributed by atoms with E-state index >= 15 is 0 Å². The Kier molecular flexibility index (Phi) is 5.47. The van der Waals surface area contributed by atoms with Gasteiger partial charge >= 0.3 is 6.03 Å². The molecule has 1 atom stereocenters. The van der Waals surface area contributed by atoms with Gasteiger partial charge in [0.15, 0.2) is 5.54 Å². The third-order valence-corrected chi connectivity index (χ3v) is 6.60. The van der Waals surface area contributed by atoms with Gasteiger partial charge in [-0.1, -0.05) is 48.5 Å². The smallest absolute Gasteiger partial charge is 0.326 e. The summed E-state index contributed by atoms with van der Waals surface area (Å²) in [4.78, 5) is 40.4. The van der Waals surface area contributed by atoms with E-state index in [0.717, 1.165) is 28.9 Å². The summed E-state index contributed by atoms with van der Waals surface area (Å²) in [6, 6.07) is 16.3. The number of carbonyl (C=O) groups is 3. The van der Waals surface area contributed by atoms with Crippen LogP contribution >= 0.6 is 0 Å². The number of rotatable bonds is 5. The molecule has 2 N–H and O–H groups in total. The molecule has 0 bridgehead atoms. The molecule has 2 aliphatic rings. The number of urea groups is 1. The molecule has 0 aromatic heterocycles. The van der Waals surface area contributed by atoms with Crippen LogP contribution in [-0.4, -0.2) is 34.8 Å². The molecule has 7 nitrogen and oxygen atoms in total. The number of hydrogen-bond donors (Lipinski definition) is 2. The fraction of sp³-hybridized carbons (Fsp3) is 0.360. The fourth-order valence-electron chi connectivity index (χ4n) is 4.63. The summed E-state index contributed by atoms with van der Waals surface area (Å²) in [6.45, 7) is 3.49. The van der Waals surface area contributed by atoms with Crippen molar-refractivity contribution in [2.45, 2.75) is 50.6 Å². The minimum Gasteiger partial charge on any atom is -0.336 e. The highest BCUT2D eigenvalue weighted by molar-refractivity contribution is 6.11. The van der Waals surface area contributed by atoms with Crippen LogP contribution in [0.25, 0.3) is 0 Å². The van der Waals surface area contributed by atoms with Crippen molar-refractivity contribution in [3.63, 3.8) is 0 Å². The van der Waals surface area contributed by atoms with Crippen LogP contribution in [0.1, 0.15) is 47.9 Å². The van der Waals surface area contributed by atoms with Crippen molar-refractivity contribution in [1.29, 1.82) is 5.26 Å². The van der Waals surface area contributed by atoms with E-state index in [1.807, 2.05) is 50.2 Å². The van der Waals surface area contributed by atoms with E-state index in [0.29, 0.717) is 24.0 Å². The standard InChI is InChI=1S/C25H26N4O3/c1-17-10-11-20(14-18(17)2)25(19-8-4-3-5-9-19)22(31)29(23(32)28-25)15-21(30)27-24(16-26)12-6-7-13-24/h3-5,8-11,14H,6-7,12-13,15H2,1-2H3,(H,27,30)(H,28,32)/t25-/m0/s1. The lowest BCUT2D eigenvalue weighted by Gasteiger charge is -2.29. The van der Waals surface area contributed by atoms with Gasteiger partial charge in [-0.3, -0.25) is 14.5 Å². The molecule has 2 aromatic rings. The molecule has 4 amide bonds. The summed E-state index contributed by atoms with van der Waals surface area (Å²) < 4.78 is 0. The van der Waals surface area contributed by atoms with Crippen molar-refractivity contribution < 1.29 is 14.4 Å². The molecule has 1 saturated carbocycles. The van der Waals surface area contributed by atoms with Gasteiger partial charge in [0.1, 0.15) is 12.1 Å². The number of imide groups is 1. The molecule has 0 radical (unpaired) electrons. The van der Waals surface area contributed by atoms with Gasteiger partial charge in [0.05, 0.1) is 6.07 Å². The first-order valence-corrected chi connectivity index (χ1v) is 10.8. The van der Waals surface area contributed by atoms with Crippen LogP contribution in [0, 0.1) is 25.2 Å². The molecule has 2 aromatic carbocycles. The fourth-order valence-corrected chi connectivity index (χ4v) is 4.63. The zero-order chi connectivity index (χ0) is 22.9. The molecule has 0 spiro atoms. The van der Waals surface area contributed by atoms with Gasteiger partial charge in [-0.25, -0.2) is 4.79 Å². The largest absolute Gasteiger partial charge is 0.336 e. The number of hydrogen-bond acceptors (Lipinski definition) is 4. The van der Waals surface area contributed by atoms with E-state index in [-0.39, 0.29) is 0 Å². The summed E-state index contributed by atoms with van der Waals surface area (Å²) in [5.41, 5.74) is 0.987. The van der Waals surface area contributed by atoms with Crippen LogP contribution in [0.4, 0.5) is 4.79 Å². The van der Waals surface area contributed by atoms with E-state index in [1.165, 1.54) is 0 Å². The normalized spacial score (nSPS) is 21.8. The van der Waals surface area contributed by atoms with Crippen LogP contribution in [-0.2, 0) is 15.1 Å². The average molecular weight is 431 g/mol. The summed E-state index contributed by atoms with van der Waals surface area (Å²) >= 11 is 0. The van der Waals surface area contributed by atoms with E-state index < -0.39 is 35.5 Å². The zero-order valence-corrected chi connectivity index (χ0v) is 18.3. The number of nitrogens with zero attached hydrogens (tertiary/aromatic N) is 2. The van der Waals surface area contributed by atoms with Gasteiger partial charge in [-0.2, -0.15) is 5.26 Å². The Morgan fingerprint density at radius 2 is 1.75 bits per heavy atom. The van der Waals surface area contributed by atoms with Gasteiger partial charge < -0.3 is 10.6 Å². The van der Waals surface area contributed by atoms with Crippen molar-refractivity contribution in [1.82, 2.24) is 15.5 Å². The van der Waals surface area contributed by atoms with Crippen molar-refractivity contribution in [2.75, 3.05) is 6.54 Å². The highest BCUT2D eigenvalue weighted by Crippen LogP contribution is 2.37. The van der Waals surface area contributed by atoms with Gasteiger partial charge in [-0.15, -0.1) is 0 Å². The molecule has 7 heteroatoms. The summed E-state index contributed by atoms with van der Waals surface area (Å²) in [5.74, 6) is -1.02. The summed E-state index contributed by atoms with van der Waals surface area (Å²) in [7, 11) is 0. The first kappa shape index (κ1) is 21.6. The molecule has 2 fully saturated rings. The predicted octanol–water partition coefficient (Wildman–Crippen LogP) is 3.05. The molecule has 32 heavy (non-hydrogen) atoms. The summed E-state index contributed by atoms with van der Waals surface area (Å²) in [6.07, 6.45) is 2.87. The third-order valence-electron chi connectivity index (χ3n) is 6.60. The van der Waals surface area contributed by atoms with Crippen LogP contribution in [0.5, 0.6) is 0 Å². The van der Waals surface area contributed by atoms with Gasteiger partial charge in [-0.05, 0) is 61.8 Å². The second-order valence-electron chi connectivity index (χ2n) is 8.69. The minimum atomic E-state index is -1.42. The topological polar surface area (TPSA) is 102 Å². The Hall–Kier alpha value is -3.66. The lowest BCUT2D eigenvalue weighted by atomic mass is 9.81. The SMILES string of the molecule is Cc1ccc([C@]2(c3ccccc3)NC(=O)N(CC(=O)NC3(C#N)CCCC3)C2=O)cc1C. The van der Waals surface area contributed by atoms with E-state index in [9.17, 15) is 19.6 Å². The van der Waals surface area contributed by atoms with E-state index in [4.69, 9.17) is 0 Å². The molecular formula is C25H26N4O3. The number of amides is 4. The van der Waals surface area contributed by atoms with Crippen molar-refractivity contribution >= 4 is 17.8 Å². The van der Waals surface area contributed by atoms with Crippen molar-refractivity contribution in [3.05, 3.63) is 70.8 Å². The summed E-state index contributed by atoms with van der Waals surface area (Å²) in [5, 5.41) is 15.2. The lowest BCUT2D eigenvalue weighted by molar-refractivity contribution is -0.134. The number of benzene rings is 2. The van der Waals surface area contributed by atoms with Crippen LogP contribution in [0.2, 0.25) is 0 Å². The van der Waals surface area contributed by atoms with E-state index in [2.05, 4.69) is 16.7 Å². The van der Waals surface area contributed by atoms with Gasteiger partial charge in [0, 0.05) is 0 Å². The third kappa shape index (κ3) is 3.52. The Labute approximate surface area is 187 Å². The Morgan fingerprint density at radius 1 is 1.06 bits per heavy atom. The Bertz CT molecular complexity index is 1120. The van der Waals surface area contributed by atoms with Gasteiger partial charge in [0.2, 0.25) is 5.91 Å². The second kappa shape index (κ2) is 8.12. The highest BCUT2D eigenvalue weighted by Gasteiger charge is 2.54. The lowest BCUT2D eigenvalue weighted by Crippen LogP contribution is -2.50. The van der Waals surface area contributed by atoms with Crippen molar-refractivity contribution in [3.8, 4) is 6.07 Å². The maximum Gasteiger partial charge on any atom is 0.326 e. The van der Waals surface area contributed by atoms with Crippen LogP contribution < -0.4 is 10.6 Å². The maximum atomic E-state index is 13.8. The number of carbonyl (C=O) groups excluding carboxylic acids is 3. The van der Waals surface area contributed by atoms with Gasteiger partial charge in [0.25, 0.3) is 5.91 Å². The van der Waals surface area contributed by atoms with Crippen LogP contribution in [0.15, 0.2) is 48.5 Å². The number of aryl methyl sites for hydroxylation is 2. The first-order chi connectivity index (χ1) is 15.3. The molecule has 1 aliphatic carbocycles. The molecule has 164 valence electrons. The molecule has 1 heterocycles. The quantitative estimate of drug-likeness (QED) is 0.712. The number of nitrogens with one attached hydrogen (secondary N) is 2.